The number of anilines is 2. The minimum absolute atomic E-state index is 0.0436. The molecule has 168 valence electrons. The molecule has 33 heavy (non-hydrogen) atoms. The lowest BCUT2D eigenvalue weighted by Gasteiger charge is -2.13. The van der Waals surface area contributed by atoms with Gasteiger partial charge in [0.1, 0.15) is 17.1 Å². The van der Waals surface area contributed by atoms with Crippen LogP contribution in [0.4, 0.5) is 15.8 Å². The Kier molecular flexibility index (Phi) is 6.18. The van der Waals surface area contributed by atoms with Gasteiger partial charge in [-0.05, 0) is 53.4 Å². The van der Waals surface area contributed by atoms with Gasteiger partial charge < -0.3 is 10.6 Å². The molecular formula is C23H19FN4O4S. The highest BCUT2D eigenvalue weighted by atomic mass is 32.1. The SMILES string of the molecule is CC(=O)Nc1ccc(NC(=O)Cn2c(=O)n(Cc3ccc(F)cc3)c(=O)c3sccc32)cc1. The number of carbonyl (C=O) groups excluding carboxylic acids is 2. The van der Waals surface area contributed by atoms with Crippen molar-refractivity contribution in [3.8, 4) is 0 Å². The Morgan fingerprint density at radius 3 is 2.18 bits per heavy atom. The Morgan fingerprint density at radius 1 is 0.909 bits per heavy atom. The van der Waals surface area contributed by atoms with Crippen molar-refractivity contribution in [3.63, 3.8) is 0 Å². The third kappa shape index (κ3) is 4.90. The van der Waals surface area contributed by atoms with Gasteiger partial charge in [-0.25, -0.2) is 9.18 Å². The van der Waals surface area contributed by atoms with Gasteiger partial charge in [-0.1, -0.05) is 12.1 Å². The summed E-state index contributed by atoms with van der Waals surface area (Å²) in [5.74, 6) is -1.08. The highest BCUT2D eigenvalue weighted by Gasteiger charge is 2.17. The van der Waals surface area contributed by atoms with Gasteiger partial charge in [0.05, 0.1) is 12.1 Å². The summed E-state index contributed by atoms with van der Waals surface area (Å²) in [5.41, 5.74) is 0.946. The second-order valence-corrected chi connectivity index (χ2v) is 8.24. The summed E-state index contributed by atoms with van der Waals surface area (Å²) in [6.07, 6.45) is 0. The number of hydrogen-bond donors (Lipinski definition) is 2. The monoisotopic (exact) mass is 466 g/mol. The van der Waals surface area contributed by atoms with Crippen LogP contribution in [0.1, 0.15) is 12.5 Å². The molecule has 2 amide bonds. The molecule has 0 aliphatic rings. The molecule has 0 aliphatic heterocycles. The molecule has 8 nitrogen and oxygen atoms in total. The minimum Gasteiger partial charge on any atom is -0.326 e. The van der Waals surface area contributed by atoms with Crippen LogP contribution >= 0.6 is 11.3 Å². The van der Waals surface area contributed by atoms with E-state index in [0.29, 0.717) is 27.2 Å². The van der Waals surface area contributed by atoms with E-state index in [0.717, 1.165) is 4.57 Å². The van der Waals surface area contributed by atoms with Gasteiger partial charge in [0.2, 0.25) is 11.8 Å². The zero-order valence-corrected chi connectivity index (χ0v) is 18.3. The molecule has 0 fully saturated rings. The number of hydrogen-bond acceptors (Lipinski definition) is 5. The van der Waals surface area contributed by atoms with Crippen molar-refractivity contribution in [2.24, 2.45) is 0 Å². The average molecular weight is 466 g/mol. The summed E-state index contributed by atoms with van der Waals surface area (Å²) < 4.78 is 15.9. The summed E-state index contributed by atoms with van der Waals surface area (Å²) in [4.78, 5) is 49.8. The maximum atomic E-state index is 13.2. The molecule has 4 aromatic rings. The Bertz CT molecular complexity index is 1450. The molecular weight excluding hydrogens is 447 g/mol. The lowest BCUT2D eigenvalue weighted by Crippen LogP contribution is -2.41. The van der Waals surface area contributed by atoms with Crippen LogP contribution in [-0.2, 0) is 22.7 Å². The summed E-state index contributed by atoms with van der Waals surface area (Å²) in [7, 11) is 0. The number of benzene rings is 2. The van der Waals surface area contributed by atoms with E-state index in [2.05, 4.69) is 10.6 Å². The van der Waals surface area contributed by atoms with Gasteiger partial charge in [0, 0.05) is 18.3 Å². The predicted octanol–water partition coefficient (Wildman–Crippen LogP) is 3.01. The van der Waals surface area contributed by atoms with Crippen molar-refractivity contribution in [3.05, 3.63) is 92.2 Å². The zero-order valence-electron chi connectivity index (χ0n) is 17.5. The maximum Gasteiger partial charge on any atom is 0.332 e. The van der Waals surface area contributed by atoms with Crippen molar-refractivity contribution in [2.45, 2.75) is 20.0 Å². The summed E-state index contributed by atoms with van der Waals surface area (Å²) in [6.45, 7) is 1.05. The van der Waals surface area contributed by atoms with Crippen LogP contribution < -0.4 is 21.9 Å². The minimum atomic E-state index is -0.633. The second kappa shape index (κ2) is 9.21. The average Bonchev–Trinajstić information content (AvgIpc) is 3.27. The number of nitrogens with one attached hydrogen (secondary N) is 2. The molecule has 0 radical (unpaired) electrons. The number of fused-ring (bicyclic) bond motifs is 1. The van der Waals surface area contributed by atoms with Gasteiger partial charge in [0.25, 0.3) is 5.56 Å². The van der Waals surface area contributed by atoms with Crippen molar-refractivity contribution in [2.75, 3.05) is 10.6 Å². The van der Waals surface area contributed by atoms with Crippen LogP contribution in [0.5, 0.6) is 0 Å². The van der Waals surface area contributed by atoms with E-state index < -0.39 is 23.0 Å². The van der Waals surface area contributed by atoms with E-state index >= 15 is 0 Å². The molecule has 0 saturated carbocycles. The fourth-order valence-corrected chi connectivity index (χ4v) is 4.23. The van der Waals surface area contributed by atoms with Gasteiger partial charge in [-0.15, -0.1) is 11.3 Å². The van der Waals surface area contributed by atoms with Crippen molar-refractivity contribution in [1.29, 1.82) is 0 Å². The standard InChI is InChI=1S/C23H19FN4O4S/c1-14(29)25-17-6-8-18(9-7-17)26-20(30)13-27-19-10-11-33-21(19)22(31)28(23(27)32)12-15-2-4-16(24)5-3-15/h2-11H,12-13H2,1H3,(H,25,29)(H,26,30). The number of carbonyl (C=O) groups is 2. The maximum absolute atomic E-state index is 13.2. The first kappa shape index (κ1) is 22.2. The van der Waals surface area contributed by atoms with Gasteiger partial charge >= 0.3 is 5.69 Å². The molecule has 0 saturated heterocycles. The van der Waals surface area contributed by atoms with E-state index in [4.69, 9.17) is 0 Å². The zero-order chi connectivity index (χ0) is 23.5. The van der Waals surface area contributed by atoms with Crippen LogP contribution in [0, 0.1) is 5.82 Å². The van der Waals surface area contributed by atoms with Gasteiger partial charge in [0.15, 0.2) is 0 Å². The first-order valence-electron chi connectivity index (χ1n) is 9.94. The highest BCUT2D eigenvalue weighted by molar-refractivity contribution is 7.17. The Labute approximate surface area is 190 Å². The number of aromatic nitrogens is 2. The molecule has 2 N–H and O–H groups in total. The van der Waals surface area contributed by atoms with Crippen LogP contribution in [0.2, 0.25) is 0 Å². The number of thiophene rings is 1. The number of nitrogens with zero attached hydrogens (tertiary/aromatic N) is 2. The van der Waals surface area contributed by atoms with Crippen LogP contribution in [0.25, 0.3) is 10.2 Å². The van der Waals surface area contributed by atoms with E-state index in [-0.39, 0.29) is 19.0 Å². The molecule has 0 aliphatic carbocycles. The molecule has 10 heteroatoms. The number of halogens is 1. The summed E-state index contributed by atoms with van der Waals surface area (Å²) >= 11 is 1.18. The predicted molar refractivity (Wildman–Crippen MR) is 125 cm³/mol. The highest BCUT2D eigenvalue weighted by Crippen LogP contribution is 2.17. The third-order valence-electron chi connectivity index (χ3n) is 4.88. The number of rotatable bonds is 6. The molecule has 2 heterocycles. The molecule has 2 aromatic heterocycles. The van der Waals surface area contributed by atoms with Crippen LogP contribution in [0.15, 0.2) is 69.6 Å². The van der Waals surface area contributed by atoms with Crippen molar-refractivity contribution < 1.29 is 14.0 Å². The van der Waals surface area contributed by atoms with Crippen LogP contribution in [0.3, 0.4) is 0 Å². The summed E-state index contributed by atoms with van der Waals surface area (Å²) in [6, 6.07) is 13.7. The Morgan fingerprint density at radius 2 is 1.55 bits per heavy atom. The fraction of sp³-hybridized carbons (Fsp3) is 0.130. The molecule has 0 atom stereocenters. The topological polar surface area (TPSA) is 102 Å². The van der Waals surface area contributed by atoms with Crippen LogP contribution in [-0.4, -0.2) is 20.9 Å². The molecule has 0 bridgehead atoms. The molecule has 0 unspecified atom stereocenters. The first-order chi connectivity index (χ1) is 15.8. The van der Waals surface area contributed by atoms with E-state index in [1.54, 1.807) is 35.7 Å². The fourth-order valence-electron chi connectivity index (χ4n) is 3.38. The van der Waals surface area contributed by atoms with Crippen molar-refractivity contribution in [1.82, 2.24) is 9.13 Å². The second-order valence-electron chi connectivity index (χ2n) is 7.33. The molecule has 4 rings (SSSR count). The Balaban J connectivity index is 1.62. The largest absolute Gasteiger partial charge is 0.332 e. The normalized spacial score (nSPS) is 10.8. The third-order valence-corrected chi connectivity index (χ3v) is 5.77. The van der Waals surface area contributed by atoms with E-state index in [1.807, 2.05) is 0 Å². The Hall–Kier alpha value is -4.05. The first-order valence-corrected chi connectivity index (χ1v) is 10.8. The van der Waals surface area contributed by atoms with Gasteiger partial charge in [-0.2, -0.15) is 0 Å². The number of amides is 2. The molecule has 2 aromatic carbocycles. The lowest BCUT2D eigenvalue weighted by molar-refractivity contribution is -0.117. The summed E-state index contributed by atoms with van der Waals surface area (Å²) in [5, 5.41) is 7.03. The quantitative estimate of drug-likeness (QED) is 0.456. The van der Waals surface area contributed by atoms with Gasteiger partial charge in [-0.3, -0.25) is 23.5 Å². The van der Waals surface area contributed by atoms with E-state index in [9.17, 15) is 23.6 Å². The van der Waals surface area contributed by atoms with Crippen molar-refractivity contribution >= 4 is 44.7 Å². The lowest BCUT2D eigenvalue weighted by atomic mass is 10.2. The smallest absolute Gasteiger partial charge is 0.326 e. The molecule has 0 spiro atoms. The van der Waals surface area contributed by atoms with E-state index in [1.165, 1.54) is 47.1 Å².